The molecule has 4 aromatic rings. The Balaban J connectivity index is 1.50. The summed E-state index contributed by atoms with van der Waals surface area (Å²) >= 11 is 7.48. The van der Waals surface area contributed by atoms with E-state index in [1.54, 1.807) is 7.11 Å². The van der Waals surface area contributed by atoms with Gasteiger partial charge in [0.05, 0.1) is 12.9 Å². The standard InChI is InChI=1S/C20H18ClN5O2S/c1-3-26-18(13-7-9-15(21)10-8-13)23-25-20(26)29-12-17-22-24-19(28-17)14-5-4-6-16(11-14)27-2/h4-11H,3,12H2,1-2H3. The van der Waals surface area contributed by atoms with Crippen LogP contribution in [-0.4, -0.2) is 32.1 Å². The number of aromatic nitrogens is 5. The summed E-state index contributed by atoms with van der Waals surface area (Å²) in [5.41, 5.74) is 1.78. The molecule has 29 heavy (non-hydrogen) atoms. The van der Waals surface area contributed by atoms with Crippen molar-refractivity contribution in [1.82, 2.24) is 25.0 Å². The molecule has 0 radical (unpaired) electrons. The lowest BCUT2D eigenvalue weighted by molar-refractivity contribution is 0.414. The van der Waals surface area contributed by atoms with E-state index < -0.39 is 0 Å². The molecule has 4 rings (SSSR count). The largest absolute Gasteiger partial charge is 0.497 e. The molecule has 0 saturated carbocycles. The van der Waals surface area contributed by atoms with Gasteiger partial charge in [0, 0.05) is 22.7 Å². The Bertz CT molecular complexity index is 1110. The Hall–Kier alpha value is -2.84. The molecule has 0 unspecified atom stereocenters. The molecular formula is C20H18ClN5O2S. The first-order valence-corrected chi connectivity index (χ1v) is 10.3. The van der Waals surface area contributed by atoms with Gasteiger partial charge >= 0.3 is 0 Å². The monoisotopic (exact) mass is 427 g/mol. The fraction of sp³-hybridized carbons (Fsp3) is 0.200. The molecule has 2 aromatic carbocycles. The number of hydrogen-bond donors (Lipinski definition) is 0. The molecule has 148 valence electrons. The first-order valence-electron chi connectivity index (χ1n) is 8.96. The van der Waals surface area contributed by atoms with E-state index in [0.29, 0.717) is 22.6 Å². The molecule has 0 aliphatic rings. The number of benzene rings is 2. The zero-order valence-corrected chi connectivity index (χ0v) is 17.4. The lowest BCUT2D eigenvalue weighted by atomic mass is 10.2. The SMILES string of the molecule is CCn1c(SCc2nnc(-c3cccc(OC)c3)o2)nnc1-c1ccc(Cl)cc1. The van der Waals surface area contributed by atoms with Crippen molar-refractivity contribution in [3.8, 4) is 28.6 Å². The van der Waals surface area contributed by atoms with Crippen LogP contribution in [0.15, 0.2) is 58.1 Å². The molecule has 0 spiro atoms. The number of rotatable bonds is 7. The van der Waals surface area contributed by atoms with Crippen LogP contribution in [0, 0.1) is 0 Å². The van der Waals surface area contributed by atoms with Crippen molar-refractivity contribution >= 4 is 23.4 Å². The zero-order valence-electron chi connectivity index (χ0n) is 15.9. The summed E-state index contributed by atoms with van der Waals surface area (Å²) in [6.07, 6.45) is 0. The minimum absolute atomic E-state index is 0.457. The van der Waals surface area contributed by atoms with Crippen molar-refractivity contribution in [3.63, 3.8) is 0 Å². The van der Waals surface area contributed by atoms with Crippen molar-refractivity contribution in [3.05, 3.63) is 59.4 Å². The van der Waals surface area contributed by atoms with Crippen molar-refractivity contribution in [2.75, 3.05) is 7.11 Å². The summed E-state index contributed by atoms with van der Waals surface area (Å²) in [5, 5.41) is 18.4. The smallest absolute Gasteiger partial charge is 0.247 e. The third-order valence-electron chi connectivity index (χ3n) is 4.24. The minimum atomic E-state index is 0.457. The van der Waals surface area contributed by atoms with Crippen molar-refractivity contribution in [1.29, 1.82) is 0 Å². The molecule has 0 amide bonds. The van der Waals surface area contributed by atoms with Gasteiger partial charge in [0.1, 0.15) is 5.75 Å². The number of nitrogens with zero attached hydrogens (tertiary/aromatic N) is 5. The number of halogens is 1. The van der Waals surface area contributed by atoms with Gasteiger partial charge in [0.25, 0.3) is 0 Å². The van der Waals surface area contributed by atoms with E-state index >= 15 is 0 Å². The van der Waals surface area contributed by atoms with Crippen LogP contribution in [0.25, 0.3) is 22.8 Å². The molecule has 2 aromatic heterocycles. The summed E-state index contributed by atoms with van der Waals surface area (Å²) in [7, 11) is 1.62. The van der Waals surface area contributed by atoms with Gasteiger partial charge in [0.15, 0.2) is 11.0 Å². The van der Waals surface area contributed by atoms with Crippen LogP contribution < -0.4 is 4.74 Å². The maximum Gasteiger partial charge on any atom is 0.247 e. The third-order valence-corrected chi connectivity index (χ3v) is 5.45. The van der Waals surface area contributed by atoms with Crippen molar-refractivity contribution < 1.29 is 9.15 Å². The highest BCUT2D eigenvalue weighted by Gasteiger charge is 2.15. The van der Waals surface area contributed by atoms with Gasteiger partial charge in [-0.25, -0.2) is 0 Å². The highest BCUT2D eigenvalue weighted by atomic mass is 35.5. The van der Waals surface area contributed by atoms with E-state index in [4.69, 9.17) is 20.8 Å². The maximum atomic E-state index is 5.98. The minimum Gasteiger partial charge on any atom is -0.497 e. The lowest BCUT2D eigenvalue weighted by Crippen LogP contribution is -1.99. The molecular weight excluding hydrogens is 410 g/mol. The molecule has 2 heterocycles. The van der Waals surface area contributed by atoms with Crippen LogP contribution in [0.5, 0.6) is 5.75 Å². The second-order valence-electron chi connectivity index (χ2n) is 6.08. The number of ether oxygens (including phenoxy) is 1. The lowest BCUT2D eigenvalue weighted by Gasteiger charge is -2.06. The molecule has 0 saturated heterocycles. The summed E-state index contributed by atoms with van der Waals surface area (Å²) < 4.78 is 13.1. The molecule has 0 atom stereocenters. The highest BCUT2D eigenvalue weighted by Crippen LogP contribution is 2.28. The van der Waals surface area contributed by atoms with Crippen molar-refractivity contribution in [2.45, 2.75) is 24.4 Å². The average Bonchev–Trinajstić information content (AvgIpc) is 3.39. The normalized spacial score (nSPS) is 11.0. The second kappa shape index (κ2) is 8.67. The summed E-state index contributed by atoms with van der Waals surface area (Å²) in [5.74, 6) is 3.01. The molecule has 0 aliphatic heterocycles. The van der Waals surface area contributed by atoms with E-state index in [2.05, 4.69) is 27.3 Å². The second-order valence-corrected chi connectivity index (χ2v) is 7.46. The fourth-order valence-corrected chi connectivity index (χ4v) is 3.77. The van der Waals surface area contributed by atoms with Crippen LogP contribution in [0.1, 0.15) is 12.8 Å². The fourth-order valence-electron chi connectivity index (χ4n) is 2.80. The number of hydrogen-bond acceptors (Lipinski definition) is 7. The summed E-state index contributed by atoms with van der Waals surface area (Å²) in [4.78, 5) is 0. The Morgan fingerprint density at radius 3 is 2.62 bits per heavy atom. The zero-order chi connectivity index (χ0) is 20.2. The van der Waals surface area contributed by atoms with Crippen LogP contribution in [0.4, 0.5) is 0 Å². The van der Waals surface area contributed by atoms with Crippen LogP contribution in [-0.2, 0) is 12.3 Å². The Kier molecular flexibility index (Phi) is 5.82. The quantitative estimate of drug-likeness (QED) is 0.385. The third kappa shape index (κ3) is 4.28. The number of methoxy groups -OCH3 is 1. The Labute approximate surface area is 177 Å². The van der Waals surface area contributed by atoms with E-state index in [1.807, 2.05) is 53.1 Å². The molecule has 0 aliphatic carbocycles. The molecule has 0 fully saturated rings. The average molecular weight is 428 g/mol. The maximum absolute atomic E-state index is 5.98. The number of thioether (sulfide) groups is 1. The first kappa shape index (κ1) is 19.5. The Morgan fingerprint density at radius 1 is 1.03 bits per heavy atom. The molecule has 0 N–H and O–H groups in total. The molecule has 7 nitrogen and oxygen atoms in total. The topological polar surface area (TPSA) is 78.9 Å². The van der Waals surface area contributed by atoms with Crippen LogP contribution in [0.3, 0.4) is 0 Å². The van der Waals surface area contributed by atoms with Gasteiger partial charge < -0.3 is 13.7 Å². The van der Waals surface area contributed by atoms with Crippen LogP contribution >= 0.6 is 23.4 Å². The van der Waals surface area contributed by atoms with Crippen LogP contribution in [0.2, 0.25) is 5.02 Å². The summed E-state index contributed by atoms with van der Waals surface area (Å²) in [6.45, 7) is 2.80. The van der Waals surface area contributed by atoms with E-state index in [-0.39, 0.29) is 0 Å². The van der Waals surface area contributed by atoms with E-state index in [1.165, 1.54) is 11.8 Å². The van der Waals surface area contributed by atoms with E-state index in [9.17, 15) is 0 Å². The van der Waals surface area contributed by atoms with E-state index in [0.717, 1.165) is 34.4 Å². The van der Waals surface area contributed by atoms with Gasteiger partial charge in [-0.15, -0.1) is 20.4 Å². The predicted octanol–water partition coefficient (Wildman–Crippen LogP) is 4.97. The predicted molar refractivity (Wildman–Crippen MR) is 112 cm³/mol. The van der Waals surface area contributed by atoms with Gasteiger partial charge in [-0.3, -0.25) is 0 Å². The Morgan fingerprint density at radius 2 is 1.86 bits per heavy atom. The van der Waals surface area contributed by atoms with Gasteiger partial charge in [-0.2, -0.15) is 0 Å². The van der Waals surface area contributed by atoms with Gasteiger partial charge in [-0.05, 0) is 49.4 Å². The highest BCUT2D eigenvalue weighted by molar-refractivity contribution is 7.98. The van der Waals surface area contributed by atoms with Gasteiger partial charge in [0.2, 0.25) is 11.8 Å². The summed E-state index contributed by atoms with van der Waals surface area (Å²) in [6, 6.07) is 15.1. The molecule has 0 bridgehead atoms. The molecule has 9 heteroatoms. The first-order chi connectivity index (χ1) is 14.2. The van der Waals surface area contributed by atoms with Gasteiger partial charge in [-0.1, -0.05) is 29.4 Å². The van der Waals surface area contributed by atoms with Crippen molar-refractivity contribution in [2.24, 2.45) is 0 Å².